The molecule has 3 aromatic rings. The van der Waals surface area contributed by atoms with Gasteiger partial charge in [-0.25, -0.2) is 9.36 Å². The highest BCUT2D eigenvalue weighted by atomic mass is 16.7. The molecule has 86 heavy (non-hydrogen) atoms. The summed E-state index contributed by atoms with van der Waals surface area (Å²) in [6, 6.07) is -2.29. The van der Waals surface area contributed by atoms with Gasteiger partial charge in [0.25, 0.3) is 0 Å². The number of carbonyl (C=O) groups is 3. The van der Waals surface area contributed by atoms with Crippen molar-refractivity contribution in [1.29, 1.82) is 0 Å². The van der Waals surface area contributed by atoms with Gasteiger partial charge in [0, 0.05) is 47.2 Å². The zero-order chi connectivity index (χ0) is 61.7. The first kappa shape index (κ1) is 71.9. The van der Waals surface area contributed by atoms with Gasteiger partial charge < -0.3 is 103 Å². The van der Waals surface area contributed by atoms with E-state index in [0.717, 1.165) is 31.5 Å². The van der Waals surface area contributed by atoms with Gasteiger partial charge >= 0.3 is 0 Å². The van der Waals surface area contributed by atoms with Crippen molar-refractivity contribution in [3.63, 3.8) is 0 Å². The number of aryl methyl sites for hydroxylation is 2. The van der Waals surface area contributed by atoms with Crippen LogP contribution in [0.4, 0.5) is 0 Å². The quantitative estimate of drug-likeness (QED) is 0.0274. The van der Waals surface area contributed by atoms with E-state index in [-0.39, 0.29) is 83.8 Å². The number of aliphatic hydroxyl groups excluding tert-OH is 4. The fourth-order valence-electron chi connectivity index (χ4n) is 8.77. The summed E-state index contributed by atoms with van der Waals surface area (Å²) >= 11 is 0. The van der Waals surface area contributed by atoms with Gasteiger partial charge in [-0.05, 0) is 19.3 Å². The number of amides is 3. The molecule has 0 spiro atoms. The second-order valence-corrected chi connectivity index (χ2v) is 20.2. The number of ether oxygens (including phenoxy) is 14. The van der Waals surface area contributed by atoms with Gasteiger partial charge in [-0.1, -0.05) is 29.0 Å². The highest BCUT2D eigenvalue weighted by Gasteiger charge is 2.46. The monoisotopic (exact) mass is 1230 g/mol. The molecule has 3 aromatic heterocycles. The summed E-state index contributed by atoms with van der Waals surface area (Å²) in [6.45, 7) is 11.4. The van der Waals surface area contributed by atoms with Crippen LogP contribution in [0.1, 0.15) is 63.5 Å². The van der Waals surface area contributed by atoms with Gasteiger partial charge in [0.05, 0.1) is 169 Å². The predicted molar refractivity (Wildman–Crippen MR) is 296 cm³/mol. The van der Waals surface area contributed by atoms with Crippen LogP contribution >= 0.6 is 0 Å². The van der Waals surface area contributed by atoms with Gasteiger partial charge in [0.15, 0.2) is 12.6 Å². The summed E-state index contributed by atoms with van der Waals surface area (Å²) in [4.78, 5) is 36.0. The SMILES string of the molecule is CCc1cn(CCCCCC(=O)NC(COCc2cn(CCOCCOCCOCCOC[C@H]3OC(OC)[C@H](NC(C)=O)[C@@H](O)[C@H]3O)nn2)COCc2cn(CCOCCOCCOCCOC[C@H]3OC(OC)[C@H](NC(C)=O)[C@@H](O)[C@H]3O)nn2)nn1. The Bertz CT molecular complexity index is 2160. The molecular formula is C53H92N12O21. The summed E-state index contributed by atoms with van der Waals surface area (Å²) in [7, 11) is 2.76. The topological polar surface area (TPSA) is 390 Å². The lowest BCUT2D eigenvalue weighted by Gasteiger charge is -2.42. The van der Waals surface area contributed by atoms with Crippen LogP contribution in [0.3, 0.4) is 0 Å². The van der Waals surface area contributed by atoms with Crippen LogP contribution < -0.4 is 16.0 Å². The Balaban J connectivity index is 0.886. The maximum Gasteiger partial charge on any atom is 0.220 e. The Kier molecular flexibility index (Phi) is 35.2. The van der Waals surface area contributed by atoms with Crippen LogP contribution in [-0.4, -0.2) is 284 Å². The third-order valence-corrected chi connectivity index (χ3v) is 13.2. The molecule has 490 valence electrons. The summed E-state index contributed by atoms with van der Waals surface area (Å²) < 4.78 is 83.7. The molecule has 0 saturated carbocycles. The number of methoxy groups -OCH3 is 2. The Labute approximate surface area is 500 Å². The molecule has 2 aliphatic rings. The van der Waals surface area contributed by atoms with Gasteiger partial charge in [-0.15, -0.1) is 15.3 Å². The minimum absolute atomic E-state index is 0.0129. The van der Waals surface area contributed by atoms with Crippen molar-refractivity contribution < 1.29 is 101 Å². The number of aromatic nitrogens is 9. The number of nitrogens with one attached hydrogen (secondary N) is 3. The summed E-state index contributed by atoms with van der Waals surface area (Å²) in [5.41, 5.74) is 2.16. The highest BCUT2D eigenvalue weighted by molar-refractivity contribution is 5.76. The van der Waals surface area contributed by atoms with Gasteiger partial charge in [0.1, 0.15) is 60.1 Å². The van der Waals surface area contributed by atoms with Gasteiger partial charge in [-0.2, -0.15) is 0 Å². The number of unbranched alkanes of at least 4 members (excludes halogenated alkanes) is 2. The first-order chi connectivity index (χ1) is 41.8. The van der Waals surface area contributed by atoms with Crippen LogP contribution in [0.5, 0.6) is 0 Å². The number of aliphatic hydroxyl groups is 4. The molecule has 2 unspecified atom stereocenters. The summed E-state index contributed by atoms with van der Waals surface area (Å²) in [5.74, 6) is -0.892. The second kappa shape index (κ2) is 42.1. The Morgan fingerprint density at radius 3 is 1.29 bits per heavy atom. The zero-order valence-electron chi connectivity index (χ0n) is 50.1. The third kappa shape index (κ3) is 27.7. The average molecular weight is 1230 g/mol. The third-order valence-electron chi connectivity index (χ3n) is 13.2. The fourth-order valence-corrected chi connectivity index (χ4v) is 8.77. The van der Waals surface area contributed by atoms with Crippen molar-refractivity contribution in [3.05, 3.63) is 35.7 Å². The largest absolute Gasteiger partial charge is 0.388 e. The fraction of sp³-hybridized carbons (Fsp3) is 0.830. The lowest BCUT2D eigenvalue weighted by molar-refractivity contribution is -0.265. The normalized spacial score (nSPS) is 22.7. The molecule has 0 radical (unpaired) electrons. The van der Waals surface area contributed by atoms with E-state index in [1.165, 1.54) is 28.1 Å². The average Bonchev–Trinajstić information content (AvgIpc) is 2.27. The first-order valence-electron chi connectivity index (χ1n) is 29.1. The van der Waals surface area contributed by atoms with Crippen molar-refractivity contribution in [2.75, 3.05) is 133 Å². The molecule has 10 atom stereocenters. The van der Waals surface area contributed by atoms with Crippen molar-refractivity contribution in [1.82, 2.24) is 60.9 Å². The van der Waals surface area contributed by atoms with Crippen LogP contribution in [-0.2, 0) is 120 Å². The van der Waals surface area contributed by atoms with Crippen LogP contribution in [0.15, 0.2) is 18.6 Å². The van der Waals surface area contributed by atoms with E-state index >= 15 is 0 Å². The minimum atomic E-state index is -1.29. The molecule has 0 aromatic carbocycles. The first-order valence-corrected chi connectivity index (χ1v) is 29.1. The van der Waals surface area contributed by atoms with E-state index in [4.69, 9.17) is 66.3 Å². The van der Waals surface area contributed by atoms with E-state index in [0.29, 0.717) is 103 Å². The van der Waals surface area contributed by atoms with Crippen LogP contribution in [0, 0.1) is 0 Å². The highest BCUT2D eigenvalue weighted by Crippen LogP contribution is 2.24. The van der Waals surface area contributed by atoms with Crippen LogP contribution in [0.2, 0.25) is 0 Å². The Morgan fingerprint density at radius 2 is 0.895 bits per heavy atom. The maximum absolute atomic E-state index is 13.1. The smallest absolute Gasteiger partial charge is 0.220 e. The van der Waals surface area contributed by atoms with E-state index < -0.39 is 67.3 Å². The molecule has 2 saturated heterocycles. The minimum Gasteiger partial charge on any atom is -0.388 e. The molecule has 33 heteroatoms. The predicted octanol–water partition coefficient (Wildman–Crippen LogP) is -3.17. The summed E-state index contributed by atoms with van der Waals surface area (Å²) in [6.07, 6.45) is 0.315. The lowest BCUT2D eigenvalue weighted by atomic mass is 9.97. The summed E-state index contributed by atoms with van der Waals surface area (Å²) in [5, 5.41) is 75.0. The standard InChI is InChI=1S/C53H92N12O21/c1-6-39-28-63(60-57-39)11-9-7-8-10-45(68)56-42(33-83-31-40-29-64(61-58-40)12-14-75-16-18-77-20-22-79-24-26-81-35-43-48(69)50(71)46(54-37(2)66)52(73-4)85-43)34-84-32-41-30-65(62-59-41)13-15-76-17-19-78-21-23-80-25-27-82-36-44-49(70)51(72)47(55-38(3)67)53(74-5)86-44/h28-30,42-44,46-53,69-72H,6-27,31-36H2,1-5H3,(H,54,66)(H,55,67)(H,56,68)/t42?,43-,44-,46-,47-,48+,49+,50-,51-,52?,53?/m1/s1. The van der Waals surface area contributed by atoms with Crippen molar-refractivity contribution in [2.45, 2.75) is 153 Å². The number of rotatable bonds is 48. The van der Waals surface area contributed by atoms with Gasteiger partial charge in [-0.3, -0.25) is 19.1 Å². The second-order valence-electron chi connectivity index (χ2n) is 20.2. The number of hydrogen-bond acceptors (Lipinski definition) is 27. The number of carbonyl (C=O) groups excluding carboxylic acids is 3. The lowest BCUT2D eigenvalue weighted by Crippen LogP contribution is -2.64. The molecule has 7 N–H and O–H groups in total. The molecule has 5 heterocycles. The van der Waals surface area contributed by atoms with E-state index in [2.05, 4.69) is 46.9 Å². The molecular weight excluding hydrogens is 1140 g/mol. The molecule has 5 rings (SSSR count). The Morgan fingerprint density at radius 1 is 0.512 bits per heavy atom. The van der Waals surface area contributed by atoms with E-state index in [1.807, 2.05) is 17.8 Å². The molecule has 2 aliphatic heterocycles. The maximum atomic E-state index is 13.1. The van der Waals surface area contributed by atoms with Gasteiger partial charge in [0.2, 0.25) is 17.7 Å². The van der Waals surface area contributed by atoms with Crippen molar-refractivity contribution >= 4 is 17.7 Å². The zero-order valence-corrected chi connectivity index (χ0v) is 50.1. The Hall–Kier alpha value is -4.89. The van der Waals surface area contributed by atoms with Crippen molar-refractivity contribution in [2.24, 2.45) is 0 Å². The molecule has 0 aliphatic carbocycles. The molecule has 0 bridgehead atoms. The number of nitrogens with zero attached hydrogens (tertiary/aromatic N) is 9. The molecule has 3 amide bonds. The number of hydrogen-bond donors (Lipinski definition) is 7. The van der Waals surface area contributed by atoms with E-state index in [1.54, 1.807) is 21.8 Å². The van der Waals surface area contributed by atoms with Crippen LogP contribution in [0.25, 0.3) is 0 Å². The molecule has 2 fully saturated rings. The van der Waals surface area contributed by atoms with Crippen molar-refractivity contribution in [3.8, 4) is 0 Å². The van der Waals surface area contributed by atoms with E-state index in [9.17, 15) is 34.8 Å². The molecule has 33 nitrogen and oxygen atoms in total.